The zero-order chi connectivity index (χ0) is 21.0. The van der Waals surface area contributed by atoms with Crippen molar-refractivity contribution in [3.63, 3.8) is 0 Å². The summed E-state index contributed by atoms with van der Waals surface area (Å²) in [5.74, 6) is -2.67. The van der Waals surface area contributed by atoms with Gasteiger partial charge in [0.1, 0.15) is 17.1 Å². The molecule has 0 bridgehead atoms. The summed E-state index contributed by atoms with van der Waals surface area (Å²) in [4.78, 5) is 35.9. The summed E-state index contributed by atoms with van der Waals surface area (Å²) < 4.78 is 5.24. The SMILES string of the molecule is Cc1cccc(OC(=O)c2ccc(NC(=O)c3ccccc3C(=O)O)cc2O)c1. The van der Waals surface area contributed by atoms with Crippen LogP contribution in [0.15, 0.2) is 66.7 Å². The molecule has 29 heavy (non-hydrogen) atoms. The van der Waals surface area contributed by atoms with Crippen LogP contribution < -0.4 is 10.1 Å². The van der Waals surface area contributed by atoms with E-state index in [1.807, 2.05) is 13.0 Å². The van der Waals surface area contributed by atoms with Gasteiger partial charge in [-0.3, -0.25) is 4.79 Å². The van der Waals surface area contributed by atoms with Crippen molar-refractivity contribution in [3.05, 3.63) is 89.0 Å². The van der Waals surface area contributed by atoms with Gasteiger partial charge in [0, 0.05) is 11.8 Å². The van der Waals surface area contributed by atoms with Crippen LogP contribution in [-0.2, 0) is 0 Å². The lowest BCUT2D eigenvalue weighted by molar-refractivity contribution is 0.0690. The van der Waals surface area contributed by atoms with Crippen molar-refractivity contribution < 1.29 is 29.3 Å². The van der Waals surface area contributed by atoms with Gasteiger partial charge in [-0.2, -0.15) is 0 Å². The second-order valence-corrected chi connectivity index (χ2v) is 6.24. The maximum Gasteiger partial charge on any atom is 0.347 e. The number of carbonyl (C=O) groups is 3. The van der Waals surface area contributed by atoms with E-state index in [1.54, 1.807) is 24.3 Å². The molecule has 0 aliphatic heterocycles. The predicted molar refractivity (Wildman–Crippen MR) is 106 cm³/mol. The molecule has 0 saturated heterocycles. The normalized spacial score (nSPS) is 10.2. The number of benzene rings is 3. The van der Waals surface area contributed by atoms with E-state index in [1.165, 1.54) is 36.4 Å². The van der Waals surface area contributed by atoms with E-state index in [-0.39, 0.29) is 28.1 Å². The summed E-state index contributed by atoms with van der Waals surface area (Å²) in [6.45, 7) is 1.86. The van der Waals surface area contributed by atoms with Crippen molar-refractivity contribution in [2.24, 2.45) is 0 Å². The fourth-order valence-corrected chi connectivity index (χ4v) is 2.69. The van der Waals surface area contributed by atoms with Crippen molar-refractivity contribution in [2.45, 2.75) is 6.92 Å². The van der Waals surface area contributed by atoms with Crippen LogP contribution in [0.25, 0.3) is 0 Å². The van der Waals surface area contributed by atoms with E-state index in [4.69, 9.17) is 4.74 Å². The van der Waals surface area contributed by atoms with Crippen LogP contribution in [-0.4, -0.2) is 28.1 Å². The topological polar surface area (TPSA) is 113 Å². The third-order valence-electron chi connectivity index (χ3n) is 4.08. The van der Waals surface area contributed by atoms with Crippen molar-refractivity contribution >= 4 is 23.5 Å². The van der Waals surface area contributed by atoms with Gasteiger partial charge in [0.25, 0.3) is 5.91 Å². The lowest BCUT2D eigenvalue weighted by Gasteiger charge is -2.10. The second kappa shape index (κ2) is 8.26. The molecule has 1 amide bonds. The van der Waals surface area contributed by atoms with Crippen LogP contribution in [0.1, 0.15) is 36.6 Å². The van der Waals surface area contributed by atoms with Gasteiger partial charge in [0.2, 0.25) is 0 Å². The second-order valence-electron chi connectivity index (χ2n) is 6.24. The van der Waals surface area contributed by atoms with Crippen LogP contribution in [0.3, 0.4) is 0 Å². The van der Waals surface area contributed by atoms with E-state index in [0.717, 1.165) is 5.56 Å². The molecule has 3 N–H and O–H groups in total. The highest BCUT2D eigenvalue weighted by molar-refractivity contribution is 6.10. The number of aryl methyl sites for hydroxylation is 1. The molecule has 0 spiro atoms. The monoisotopic (exact) mass is 391 g/mol. The van der Waals surface area contributed by atoms with E-state index >= 15 is 0 Å². The Bertz CT molecular complexity index is 1110. The van der Waals surface area contributed by atoms with E-state index < -0.39 is 17.8 Å². The largest absolute Gasteiger partial charge is 0.507 e. The van der Waals surface area contributed by atoms with Crippen molar-refractivity contribution in [1.82, 2.24) is 0 Å². The Labute approximate surface area is 166 Å². The molecule has 0 aliphatic carbocycles. The Morgan fingerprint density at radius 3 is 2.24 bits per heavy atom. The van der Waals surface area contributed by atoms with Crippen LogP contribution in [0.5, 0.6) is 11.5 Å². The average molecular weight is 391 g/mol. The van der Waals surface area contributed by atoms with Gasteiger partial charge in [-0.05, 0) is 48.9 Å². The number of anilines is 1. The lowest BCUT2D eigenvalue weighted by Crippen LogP contribution is -2.16. The van der Waals surface area contributed by atoms with Gasteiger partial charge in [-0.1, -0.05) is 24.3 Å². The van der Waals surface area contributed by atoms with Crippen molar-refractivity contribution in [1.29, 1.82) is 0 Å². The molecule has 0 aromatic heterocycles. The molecule has 0 heterocycles. The molecular formula is C22H17NO6. The summed E-state index contributed by atoms with van der Waals surface area (Å²) in [5.41, 5.74) is 0.865. The minimum atomic E-state index is -1.23. The zero-order valence-electron chi connectivity index (χ0n) is 15.4. The highest BCUT2D eigenvalue weighted by atomic mass is 16.5. The Morgan fingerprint density at radius 1 is 0.862 bits per heavy atom. The number of carboxylic acids is 1. The number of hydrogen-bond acceptors (Lipinski definition) is 5. The third-order valence-corrected chi connectivity index (χ3v) is 4.08. The van der Waals surface area contributed by atoms with E-state index in [0.29, 0.717) is 5.75 Å². The third kappa shape index (κ3) is 4.59. The molecular weight excluding hydrogens is 374 g/mol. The van der Waals surface area contributed by atoms with E-state index in [2.05, 4.69) is 5.32 Å². The molecule has 0 fully saturated rings. The first kappa shape index (κ1) is 19.6. The van der Waals surface area contributed by atoms with Crippen LogP contribution in [0.2, 0.25) is 0 Å². The van der Waals surface area contributed by atoms with E-state index in [9.17, 15) is 24.6 Å². The number of aromatic hydroxyl groups is 1. The Balaban J connectivity index is 1.77. The average Bonchev–Trinajstić information content (AvgIpc) is 2.68. The summed E-state index contributed by atoms with van der Waals surface area (Å²) in [6, 6.07) is 16.6. The molecule has 0 radical (unpaired) electrons. The number of carboxylic acid groups (broad SMARTS) is 1. The predicted octanol–water partition coefficient (Wildman–Crippen LogP) is 3.87. The fourth-order valence-electron chi connectivity index (χ4n) is 2.69. The fraction of sp³-hybridized carbons (Fsp3) is 0.0455. The maximum absolute atomic E-state index is 12.4. The standard InChI is InChI=1S/C22H17NO6/c1-13-5-4-6-15(11-13)29-22(28)18-10-9-14(12-19(18)24)23-20(25)16-7-2-3-8-17(16)21(26)27/h2-12,24H,1H3,(H,23,25)(H,26,27). The van der Waals surface area contributed by atoms with Crippen LogP contribution in [0.4, 0.5) is 5.69 Å². The number of phenolic OH excluding ortho intramolecular Hbond substituents is 1. The Hall–Kier alpha value is -4.13. The summed E-state index contributed by atoms with van der Waals surface area (Å²) in [7, 11) is 0. The number of carbonyl (C=O) groups excluding carboxylic acids is 2. The summed E-state index contributed by atoms with van der Waals surface area (Å²) in [6.07, 6.45) is 0. The van der Waals surface area contributed by atoms with Crippen molar-refractivity contribution in [3.8, 4) is 11.5 Å². The number of esters is 1. The zero-order valence-corrected chi connectivity index (χ0v) is 15.4. The van der Waals surface area contributed by atoms with Gasteiger partial charge < -0.3 is 20.3 Å². The molecule has 7 heteroatoms. The number of hydrogen-bond donors (Lipinski definition) is 3. The quantitative estimate of drug-likeness (QED) is 0.449. The molecule has 3 rings (SSSR count). The maximum atomic E-state index is 12.4. The number of phenols is 1. The first-order chi connectivity index (χ1) is 13.8. The number of nitrogens with one attached hydrogen (secondary N) is 1. The molecule has 0 saturated carbocycles. The molecule has 146 valence electrons. The van der Waals surface area contributed by atoms with Gasteiger partial charge in [-0.15, -0.1) is 0 Å². The van der Waals surface area contributed by atoms with Gasteiger partial charge in [0.05, 0.1) is 11.1 Å². The number of rotatable bonds is 5. The Kier molecular flexibility index (Phi) is 5.59. The molecule has 3 aromatic rings. The van der Waals surface area contributed by atoms with Crippen LogP contribution >= 0.6 is 0 Å². The lowest BCUT2D eigenvalue weighted by atomic mass is 10.1. The van der Waals surface area contributed by atoms with Gasteiger partial charge in [-0.25, -0.2) is 9.59 Å². The highest BCUT2D eigenvalue weighted by Crippen LogP contribution is 2.25. The molecule has 0 aliphatic rings. The van der Waals surface area contributed by atoms with Crippen molar-refractivity contribution in [2.75, 3.05) is 5.32 Å². The summed E-state index contributed by atoms with van der Waals surface area (Å²) in [5, 5.41) is 21.9. The minimum Gasteiger partial charge on any atom is -0.507 e. The first-order valence-electron chi connectivity index (χ1n) is 8.60. The number of ether oxygens (including phenoxy) is 1. The number of aromatic carboxylic acids is 1. The molecule has 0 atom stereocenters. The molecule has 0 unspecified atom stereocenters. The first-order valence-corrected chi connectivity index (χ1v) is 8.60. The van der Waals surface area contributed by atoms with Gasteiger partial charge >= 0.3 is 11.9 Å². The molecule has 7 nitrogen and oxygen atoms in total. The molecule has 3 aromatic carbocycles. The van der Waals surface area contributed by atoms with Crippen LogP contribution in [0, 0.1) is 6.92 Å². The number of amides is 1. The Morgan fingerprint density at radius 2 is 1.59 bits per heavy atom. The minimum absolute atomic E-state index is 0.0255. The van der Waals surface area contributed by atoms with Gasteiger partial charge in [0.15, 0.2) is 0 Å². The summed E-state index contributed by atoms with van der Waals surface area (Å²) >= 11 is 0. The smallest absolute Gasteiger partial charge is 0.347 e. The highest BCUT2D eigenvalue weighted by Gasteiger charge is 2.18.